The molecule has 1 aromatic carbocycles. The number of carbonyl (C=O) groups excluding carboxylic acids is 1. The summed E-state index contributed by atoms with van der Waals surface area (Å²) < 4.78 is 54.5. The lowest BCUT2D eigenvalue weighted by Gasteiger charge is -2.25. The van der Waals surface area contributed by atoms with Crippen LogP contribution in [0.3, 0.4) is 0 Å². The van der Waals surface area contributed by atoms with Gasteiger partial charge < -0.3 is 14.8 Å². The maximum absolute atomic E-state index is 15.3. The number of pyridine rings is 1. The smallest absolute Gasteiger partial charge is 0.368 e. The molecule has 0 radical (unpaired) electrons. The molecule has 5 nitrogen and oxygen atoms in total. The Morgan fingerprint density at radius 1 is 1.27 bits per heavy atom. The molecule has 30 heavy (non-hydrogen) atoms. The third kappa shape index (κ3) is 3.70. The van der Waals surface area contributed by atoms with E-state index in [1.165, 1.54) is 6.07 Å². The van der Waals surface area contributed by atoms with E-state index >= 15 is 4.39 Å². The van der Waals surface area contributed by atoms with Gasteiger partial charge in [-0.15, -0.1) is 0 Å². The van der Waals surface area contributed by atoms with Gasteiger partial charge in [0.05, 0.1) is 15.7 Å². The molecular weight excluding hydrogens is 470 g/mol. The first-order valence-corrected chi connectivity index (χ1v) is 10.5. The summed E-state index contributed by atoms with van der Waals surface area (Å²) in [4.78, 5) is 25.3. The van der Waals surface area contributed by atoms with Crippen molar-refractivity contribution in [1.29, 1.82) is 0 Å². The van der Waals surface area contributed by atoms with E-state index in [-0.39, 0.29) is 28.5 Å². The Balaban J connectivity index is 1.67. The zero-order chi connectivity index (χ0) is 21.8. The molecule has 2 heterocycles. The molecule has 1 unspecified atom stereocenters. The van der Waals surface area contributed by atoms with E-state index in [1.54, 1.807) is 22.5 Å². The third-order valence-corrected chi connectivity index (χ3v) is 6.73. The Kier molecular flexibility index (Phi) is 5.32. The highest BCUT2D eigenvalue weighted by atomic mass is 79.9. The number of fused-ring (bicyclic) bond motifs is 1. The number of nitrogens with zero attached hydrogens (tertiary/aromatic N) is 2. The van der Waals surface area contributed by atoms with Crippen LogP contribution < -0.4 is 15.8 Å². The fraction of sp³-hybridized carbons (Fsp3) is 0.500. The molecule has 1 amide bonds. The second-order valence-corrected chi connectivity index (χ2v) is 8.74. The van der Waals surface area contributed by atoms with E-state index in [0.717, 1.165) is 12.8 Å². The van der Waals surface area contributed by atoms with Crippen LogP contribution in [0, 0.1) is 18.7 Å². The number of hydrogen-bond acceptors (Lipinski definition) is 3. The average Bonchev–Trinajstić information content (AvgIpc) is 3.42. The van der Waals surface area contributed by atoms with E-state index < -0.39 is 17.9 Å². The number of aromatic nitrogens is 1. The van der Waals surface area contributed by atoms with Crippen LogP contribution in [0.25, 0.3) is 10.9 Å². The van der Waals surface area contributed by atoms with Crippen LogP contribution in [0.4, 0.5) is 23.2 Å². The zero-order valence-corrected chi connectivity index (χ0v) is 17.7. The van der Waals surface area contributed by atoms with Gasteiger partial charge in [0, 0.05) is 37.1 Å². The van der Waals surface area contributed by atoms with Crippen molar-refractivity contribution in [2.24, 2.45) is 5.92 Å². The minimum Gasteiger partial charge on any atom is -0.368 e. The molecule has 1 N–H and O–H groups in total. The summed E-state index contributed by atoms with van der Waals surface area (Å²) in [6.07, 6.45) is -2.61. The van der Waals surface area contributed by atoms with Crippen LogP contribution in [0.15, 0.2) is 21.4 Å². The molecule has 2 aromatic rings. The van der Waals surface area contributed by atoms with Crippen molar-refractivity contribution in [3.8, 4) is 0 Å². The maximum atomic E-state index is 15.3. The van der Waals surface area contributed by atoms with Gasteiger partial charge in [0.15, 0.2) is 5.82 Å². The molecule has 1 aromatic heterocycles. The van der Waals surface area contributed by atoms with Crippen molar-refractivity contribution in [1.82, 2.24) is 9.88 Å². The largest absolute Gasteiger partial charge is 0.471 e. The van der Waals surface area contributed by atoms with Crippen LogP contribution >= 0.6 is 15.9 Å². The molecule has 1 atom stereocenters. The molecule has 2 aliphatic rings. The lowest BCUT2D eigenvalue weighted by molar-refractivity contribution is -0.173. The number of aryl methyl sites for hydroxylation is 1. The molecule has 10 heteroatoms. The first kappa shape index (κ1) is 21.1. The molecule has 4 rings (SSSR count). The lowest BCUT2D eigenvalue weighted by atomic mass is 10.1. The molecule has 1 aliphatic carbocycles. The fourth-order valence-corrected chi connectivity index (χ4v) is 4.54. The number of carbonyl (C=O) groups is 1. The number of alkyl halides is 3. The molecular formula is C20H20BrF4N3O2. The van der Waals surface area contributed by atoms with Crippen LogP contribution in [0.5, 0.6) is 0 Å². The van der Waals surface area contributed by atoms with Crippen LogP contribution in [-0.4, -0.2) is 36.3 Å². The molecule has 0 spiro atoms. The third-order valence-electron chi connectivity index (χ3n) is 5.79. The highest BCUT2D eigenvalue weighted by Gasteiger charge is 2.39. The van der Waals surface area contributed by atoms with Crippen LogP contribution in [0.1, 0.15) is 30.9 Å². The van der Waals surface area contributed by atoms with Gasteiger partial charge in [0.1, 0.15) is 0 Å². The summed E-state index contributed by atoms with van der Waals surface area (Å²) >= 11 is 3.31. The number of benzene rings is 1. The first-order chi connectivity index (χ1) is 14.1. The number of nitrogens with one attached hydrogen (secondary N) is 1. The second-order valence-electron chi connectivity index (χ2n) is 7.95. The summed E-state index contributed by atoms with van der Waals surface area (Å²) in [6, 6.07) is 3.16. The zero-order valence-electron chi connectivity index (χ0n) is 16.2. The van der Waals surface area contributed by atoms with Gasteiger partial charge in [-0.05, 0) is 59.7 Å². The van der Waals surface area contributed by atoms with Gasteiger partial charge in [0.25, 0.3) is 5.56 Å². The average molecular weight is 490 g/mol. The molecule has 1 saturated heterocycles. The monoisotopic (exact) mass is 489 g/mol. The number of rotatable bonds is 4. The van der Waals surface area contributed by atoms with Gasteiger partial charge in [-0.2, -0.15) is 13.2 Å². The number of anilines is 1. The standard InChI is InChI=1S/C20H20BrF4N3O2/c1-10-15(21)16(22)18(13-4-5-14(29)28(17(10)13)12-2-3-12)27-7-6-11(9-27)8-26-19(30)20(23,24)25/h4-5,11-12H,2-3,6-9H2,1H3,(H,26,30). The predicted octanol–water partition coefficient (Wildman–Crippen LogP) is 4.05. The summed E-state index contributed by atoms with van der Waals surface area (Å²) in [7, 11) is 0. The minimum absolute atomic E-state index is 0.106. The highest BCUT2D eigenvalue weighted by molar-refractivity contribution is 9.10. The van der Waals surface area contributed by atoms with Crippen molar-refractivity contribution in [2.45, 2.75) is 38.4 Å². The Labute approximate surface area is 178 Å². The summed E-state index contributed by atoms with van der Waals surface area (Å²) in [5, 5.41) is 2.52. The van der Waals surface area contributed by atoms with Crippen molar-refractivity contribution in [2.75, 3.05) is 24.5 Å². The number of hydrogen-bond donors (Lipinski definition) is 1. The van der Waals surface area contributed by atoms with E-state index in [9.17, 15) is 22.8 Å². The summed E-state index contributed by atoms with van der Waals surface area (Å²) in [5.41, 5.74) is 1.53. The molecule has 1 aliphatic heterocycles. The van der Waals surface area contributed by atoms with Gasteiger partial charge >= 0.3 is 12.1 Å². The Morgan fingerprint density at radius 2 is 1.97 bits per heavy atom. The highest BCUT2D eigenvalue weighted by Crippen LogP contribution is 2.43. The van der Waals surface area contributed by atoms with Gasteiger partial charge in [-0.3, -0.25) is 9.59 Å². The Bertz CT molecular complexity index is 1080. The first-order valence-electron chi connectivity index (χ1n) is 9.72. The van der Waals surface area contributed by atoms with E-state index in [0.29, 0.717) is 41.7 Å². The van der Waals surface area contributed by atoms with E-state index in [1.807, 2.05) is 5.32 Å². The Morgan fingerprint density at radius 3 is 2.60 bits per heavy atom. The predicted molar refractivity (Wildman–Crippen MR) is 108 cm³/mol. The van der Waals surface area contributed by atoms with Crippen molar-refractivity contribution < 1.29 is 22.4 Å². The minimum atomic E-state index is -4.92. The summed E-state index contributed by atoms with van der Waals surface area (Å²) in [6.45, 7) is 2.38. The fourth-order valence-electron chi connectivity index (χ4n) is 4.16. The number of amides is 1. The summed E-state index contributed by atoms with van der Waals surface area (Å²) in [5.74, 6) is -2.66. The molecule has 0 bridgehead atoms. The topological polar surface area (TPSA) is 54.3 Å². The van der Waals surface area contributed by atoms with Crippen LogP contribution in [-0.2, 0) is 4.79 Å². The molecule has 1 saturated carbocycles. The maximum Gasteiger partial charge on any atom is 0.471 e. The van der Waals surface area contributed by atoms with Crippen molar-refractivity contribution in [3.63, 3.8) is 0 Å². The van der Waals surface area contributed by atoms with E-state index in [2.05, 4.69) is 15.9 Å². The normalized spacial score (nSPS) is 19.5. The van der Waals surface area contributed by atoms with Gasteiger partial charge in [0.2, 0.25) is 0 Å². The lowest BCUT2D eigenvalue weighted by Crippen LogP contribution is -2.39. The van der Waals surface area contributed by atoms with E-state index in [4.69, 9.17) is 0 Å². The van der Waals surface area contributed by atoms with Crippen molar-refractivity contribution >= 4 is 38.4 Å². The van der Waals surface area contributed by atoms with Gasteiger partial charge in [-0.1, -0.05) is 0 Å². The van der Waals surface area contributed by atoms with Crippen LogP contribution in [0.2, 0.25) is 0 Å². The SMILES string of the molecule is Cc1c(Br)c(F)c(N2CCC(CNC(=O)C(F)(F)F)C2)c2ccc(=O)n(C3CC3)c12. The second kappa shape index (κ2) is 7.55. The molecule has 162 valence electrons. The van der Waals surface area contributed by atoms with Crippen molar-refractivity contribution in [3.05, 3.63) is 38.3 Å². The quantitative estimate of drug-likeness (QED) is 0.659. The molecule has 2 fully saturated rings. The number of halogens is 5. The van der Waals surface area contributed by atoms with Gasteiger partial charge in [-0.25, -0.2) is 4.39 Å². The Hall–Kier alpha value is -2.10.